The zero-order chi connectivity index (χ0) is 12.0. The molecule has 0 saturated heterocycles. The molecule has 0 amide bonds. The fourth-order valence-corrected chi connectivity index (χ4v) is 1.91. The molecule has 0 heterocycles. The molecule has 0 unspecified atom stereocenters. The maximum atomic E-state index is 3.48. The lowest BCUT2D eigenvalue weighted by molar-refractivity contribution is 0.700. The van der Waals surface area contributed by atoms with Crippen LogP contribution in [0.4, 0.5) is 0 Å². The van der Waals surface area contributed by atoms with Crippen molar-refractivity contribution in [3.05, 3.63) is 35.2 Å². The van der Waals surface area contributed by atoms with E-state index in [-0.39, 0.29) is 0 Å². The van der Waals surface area contributed by atoms with Crippen LogP contribution >= 0.6 is 0 Å². The third kappa shape index (κ3) is 4.26. The molecule has 0 radical (unpaired) electrons. The summed E-state index contributed by atoms with van der Waals surface area (Å²) in [4.78, 5) is 0. The molecule has 90 valence electrons. The lowest BCUT2D eigenvalue weighted by Crippen LogP contribution is -2.12. The quantitative estimate of drug-likeness (QED) is 0.716. The second-order valence-electron chi connectivity index (χ2n) is 4.87. The fourth-order valence-electron chi connectivity index (χ4n) is 1.91. The van der Waals surface area contributed by atoms with Crippen molar-refractivity contribution in [2.75, 3.05) is 0 Å². The molecule has 0 bridgehead atoms. The van der Waals surface area contributed by atoms with Gasteiger partial charge >= 0.3 is 0 Å². The molecule has 0 atom stereocenters. The van der Waals surface area contributed by atoms with E-state index in [1.54, 1.807) is 5.57 Å². The molecule has 0 spiro atoms. The first-order chi connectivity index (χ1) is 7.63. The first kappa shape index (κ1) is 13.1. The third-order valence-electron chi connectivity index (χ3n) is 2.96. The minimum absolute atomic E-state index is 0.672. The number of nitrogens with one attached hydrogen (secondary N) is 1. The molecule has 0 aromatic heterocycles. The molecule has 1 nitrogen and oxygen atoms in total. The van der Waals surface area contributed by atoms with E-state index < -0.39 is 0 Å². The fraction of sp³-hybridized carbons (Fsp3) is 0.600. The van der Waals surface area contributed by atoms with Crippen molar-refractivity contribution in [1.29, 1.82) is 0 Å². The highest BCUT2D eigenvalue weighted by Crippen LogP contribution is 2.22. The Labute approximate surface area is 100 Å². The highest BCUT2D eigenvalue weighted by Gasteiger charge is 2.08. The molecule has 1 aliphatic carbocycles. The van der Waals surface area contributed by atoms with Gasteiger partial charge in [-0.3, -0.25) is 0 Å². The molecule has 1 aliphatic rings. The van der Waals surface area contributed by atoms with Crippen molar-refractivity contribution in [2.24, 2.45) is 5.92 Å². The van der Waals surface area contributed by atoms with Crippen LogP contribution in [0.3, 0.4) is 0 Å². The predicted molar refractivity (Wildman–Crippen MR) is 72.0 cm³/mol. The van der Waals surface area contributed by atoms with Crippen LogP contribution in [-0.4, -0.2) is 0 Å². The first-order valence-corrected chi connectivity index (χ1v) is 6.48. The highest BCUT2D eigenvalue weighted by atomic mass is 14.9. The first-order valence-electron chi connectivity index (χ1n) is 6.48. The molecule has 16 heavy (non-hydrogen) atoms. The van der Waals surface area contributed by atoms with E-state index in [1.807, 2.05) is 0 Å². The van der Waals surface area contributed by atoms with E-state index in [0.29, 0.717) is 5.92 Å². The van der Waals surface area contributed by atoms with Gasteiger partial charge in [-0.1, -0.05) is 44.9 Å². The van der Waals surface area contributed by atoms with Gasteiger partial charge in [-0.05, 0) is 38.2 Å². The largest absolute Gasteiger partial charge is 0.360 e. The van der Waals surface area contributed by atoms with Crippen LogP contribution in [0, 0.1) is 5.92 Å². The van der Waals surface area contributed by atoms with Gasteiger partial charge in [0.2, 0.25) is 0 Å². The second kappa shape index (κ2) is 6.57. The molecule has 0 aliphatic heterocycles. The van der Waals surface area contributed by atoms with Crippen molar-refractivity contribution in [3.63, 3.8) is 0 Å². The summed E-state index contributed by atoms with van der Waals surface area (Å²) in [5.74, 6) is 0.672. The van der Waals surface area contributed by atoms with E-state index in [0.717, 1.165) is 6.42 Å². The summed E-state index contributed by atoms with van der Waals surface area (Å²) in [7, 11) is 0. The van der Waals surface area contributed by atoms with Crippen LogP contribution in [0.2, 0.25) is 0 Å². The van der Waals surface area contributed by atoms with Crippen LogP contribution in [0.25, 0.3) is 0 Å². The zero-order valence-electron chi connectivity index (χ0n) is 11.1. The van der Waals surface area contributed by atoms with Crippen molar-refractivity contribution < 1.29 is 0 Å². The maximum absolute atomic E-state index is 3.48. The minimum Gasteiger partial charge on any atom is -0.360 e. The molecular weight excluding hydrogens is 194 g/mol. The van der Waals surface area contributed by atoms with Crippen molar-refractivity contribution in [2.45, 2.75) is 53.4 Å². The molecule has 0 aromatic rings. The van der Waals surface area contributed by atoms with Gasteiger partial charge in [-0.2, -0.15) is 0 Å². The zero-order valence-corrected chi connectivity index (χ0v) is 11.1. The Balaban J connectivity index is 2.58. The average molecular weight is 219 g/mol. The number of rotatable bonds is 5. The number of hydrogen-bond acceptors (Lipinski definition) is 1. The lowest BCUT2D eigenvalue weighted by atomic mass is 9.93. The molecule has 0 saturated carbocycles. The van der Waals surface area contributed by atoms with Gasteiger partial charge in [-0.25, -0.2) is 0 Å². The SMILES string of the molecule is CCC/C=C(/C)NC1=CCCC(C(C)C)=C1. The minimum atomic E-state index is 0.672. The summed E-state index contributed by atoms with van der Waals surface area (Å²) in [6.07, 6.45) is 11.7. The molecule has 0 aromatic carbocycles. The summed E-state index contributed by atoms with van der Waals surface area (Å²) in [6, 6.07) is 0. The van der Waals surface area contributed by atoms with Gasteiger partial charge in [-0.15, -0.1) is 0 Å². The van der Waals surface area contributed by atoms with E-state index in [4.69, 9.17) is 0 Å². The van der Waals surface area contributed by atoms with Crippen LogP contribution in [0.1, 0.15) is 53.4 Å². The standard InChI is InChI=1S/C15H25N/c1-5-6-8-13(4)16-15-10-7-9-14(11-15)12(2)3/h8,10-12,16H,5-7,9H2,1-4H3/b13-8-. The Morgan fingerprint density at radius 2 is 2.25 bits per heavy atom. The Morgan fingerprint density at radius 1 is 1.50 bits per heavy atom. The van der Waals surface area contributed by atoms with Crippen LogP contribution in [0.5, 0.6) is 0 Å². The maximum Gasteiger partial charge on any atom is 0.0340 e. The van der Waals surface area contributed by atoms with Gasteiger partial charge in [0.25, 0.3) is 0 Å². The van der Waals surface area contributed by atoms with Crippen LogP contribution < -0.4 is 5.32 Å². The smallest absolute Gasteiger partial charge is 0.0340 e. The molecule has 1 heteroatoms. The predicted octanol–water partition coefficient (Wildman–Crippen LogP) is 4.54. The second-order valence-corrected chi connectivity index (χ2v) is 4.87. The van der Waals surface area contributed by atoms with E-state index >= 15 is 0 Å². The van der Waals surface area contributed by atoms with E-state index in [9.17, 15) is 0 Å². The van der Waals surface area contributed by atoms with Crippen molar-refractivity contribution >= 4 is 0 Å². The lowest BCUT2D eigenvalue weighted by Gasteiger charge is -2.18. The van der Waals surface area contributed by atoms with Gasteiger partial charge < -0.3 is 5.32 Å². The highest BCUT2D eigenvalue weighted by molar-refractivity contribution is 5.29. The van der Waals surface area contributed by atoms with Gasteiger partial charge in [0.1, 0.15) is 0 Å². The normalized spacial score (nSPS) is 17.2. The summed E-state index contributed by atoms with van der Waals surface area (Å²) in [5.41, 5.74) is 4.11. The molecule has 1 rings (SSSR count). The summed E-state index contributed by atoms with van der Waals surface area (Å²) in [5, 5.41) is 3.48. The van der Waals surface area contributed by atoms with Gasteiger partial charge in [0.05, 0.1) is 0 Å². The number of hydrogen-bond donors (Lipinski definition) is 1. The van der Waals surface area contributed by atoms with Crippen molar-refractivity contribution in [1.82, 2.24) is 5.32 Å². The molecule has 0 fully saturated rings. The van der Waals surface area contributed by atoms with Crippen LogP contribution in [0.15, 0.2) is 35.2 Å². The number of unbranched alkanes of at least 4 members (excludes halogenated alkanes) is 1. The average Bonchev–Trinajstić information content (AvgIpc) is 2.26. The number of allylic oxidation sites excluding steroid dienone is 5. The Bertz CT molecular complexity index is 305. The van der Waals surface area contributed by atoms with E-state index in [2.05, 4.69) is 51.2 Å². The van der Waals surface area contributed by atoms with Gasteiger partial charge in [0, 0.05) is 11.4 Å². The van der Waals surface area contributed by atoms with Crippen LogP contribution in [-0.2, 0) is 0 Å². The summed E-state index contributed by atoms with van der Waals surface area (Å²) in [6.45, 7) is 8.90. The summed E-state index contributed by atoms with van der Waals surface area (Å²) >= 11 is 0. The topological polar surface area (TPSA) is 12.0 Å². The van der Waals surface area contributed by atoms with E-state index in [1.165, 1.54) is 30.7 Å². The summed E-state index contributed by atoms with van der Waals surface area (Å²) < 4.78 is 0. The van der Waals surface area contributed by atoms with Crippen molar-refractivity contribution in [3.8, 4) is 0 Å². The molecule has 1 N–H and O–H groups in total. The Hall–Kier alpha value is -0.980. The Kier molecular flexibility index (Phi) is 5.37. The third-order valence-corrected chi connectivity index (χ3v) is 2.96. The van der Waals surface area contributed by atoms with Gasteiger partial charge in [0.15, 0.2) is 0 Å². The molecular formula is C15H25N. The monoisotopic (exact) mass is 219 g/mol. The Morgan fingerprint density at radius 3 is 2.88 bits per heavy atom.